The maximum Gasteiger partial charge on any atom is 0.242 e. The summed E-state index contributed by atoms with van der Waals surface area (Å²) in [5, 5.41) is 0. The summed E-state index contributed by atoms with van der Waals surface area (Å²) in [4.78, 5) is 0.0839. The molecule has 1 aromatic rings. The van der Waals surface area contributed by atoms with Crippen LogP contribution in [0.4, 0.5) is 4.39 Å². The van der Waals surface area contributed by atoms with E-state index in [0.717, 1.165) is 12.5 Å². The number of hydrogen-bond acceptors (Lipinski definition) is 3. The van der Waals surface area contributed by atoms with Gasteiger partial charge in [-0.05, 0) is 30.5 Å². The SMILES string of the molecule is CC(C)CCN(C)S(=O)(=O)c1ccc(F)c(CN)c1. The zero-order valence-electron chi connectivity index (χ0n) is 11.6. The molecule has 0 saturated heterocycles. The van der Waals surface area contributed by atoms with Gasteiger partial charge in [-0.25, -0.2) is 17.1 Å². The number of nitrogens with zero attached hydrogens (tertiary/aromatic N) is 1. The molecule has 0 fully saturated rings. The first-order chi connectivity index (χ1) is 8.78. The van der Waals surface area contributed by atoms with Gasteiger partial charge in [0.25, 0.3) is 0 Å². The van der Waals surface area contributed by atoms with Crippen molar-refractivity contribution in [1.82, 2.24) is 4.31 Å². The molecule has 0 aliphatic carbocycles. The third-order valence-electron chi connectivity index (χ3n) is 2.97. The molecule has 4 nitrogen and oxygen atoms in total. The zero-order chi connectivity index (χ0) is 14.6. The molecule has 0 radical (unpaired) electrons. The first kappa shape index (κ1) is 16.1. The maximum atomic E-state index is 13.3. The molecule has 2 N–H and O–H groups in total. The average Bonchev–Trinajstić information content (AvgIpc) is 2.35. The fourth-order valence-corrected chi connectivity index (χ4v) is 2.84. The van der Waals surface area contributed by atoms with E-state index in [1.165, 1.54) is 23.5 Å². The van der Waals surface area contributed by atoms with Crippen molar-refractivity contribution in [2.24, 2.45) is 11.7 Å². The van der Waals surface area contributed by atoms with Crippen LogP contribution in [0.25, 0.3) is 0 Å². The summed E-state index contributed by atoms with van der Waals surface area (Å²) in [5.74, 6) is -0.0586. The van der Waals surface area contributed by atoms with Gasteiger partial charge >= 0.3 is 0 Å². The molecule has 0 aliphatic heterocycles. The lowest BCUT2D eigenvalue weighted by atomic mass is 10.1. The minimum atomic E-state index is -3.57. The van der Waals surface area contributed by atoms with Crippen molar-refractivity contribution in [2.75, 3.05) is 13.6 Å². The summed E-state index contributed by atoms with van der Waals surface area (Å²) in [6, 6.07) is 3.72. The molecule has 1 rings (SSSR count). The minimum absolute atomic E-state index is 0.0229. The van der Waals surface area contributed by atoms with E-state index in [0.29, 0.717) is 12.5 Å². The first-order valence-electron chi connectivity index (χ1n) is 6.24. The normalized spacial score (nSPS) is 12.4. The van der Waals surface area contributed by atoms with Crippen LogP contribution in [0.5, 0.6) is 0 Å². The van der Waals surface area contributed by atoms with Crippen LogP contribution < -0.4 is 5.73 Å². The van der Waals surface area contributed by atoms with Gasteiger partial charge in [-0.3, -0.25) is 0 Å². The lowest BCUT2D eigenvalue weighted by molar-refractivity contribution is 0.428. The van der Waals surface area contributed by atoms with Crippen LogP contribution >= 0.6 is 0 Å². The van der Waals surface area contributed by atoms with Gasteiger partial charge in [0.05, 0.1) is 4.90 Å². The highest BCUT2D eigenvalue weighted by Gasteiger charge is 2.21. The van der Waals surface area contributed by atoms with Gasteiger partial charge in [0.1, 0.15) is 5.82 Å². The monoisotopic (exact) mass is 288 g/mol. The average molecular weight is 288 g/mol. The highest BCUT2D eigenvalue weighted by atomic mass is 32.2. The van der Waals surface area contributed by atoms with Crippen molar-refractivity contribution in [3.05, 3.63) is 29.6 Å². The van der Waals surface area contributed by atoms with Gasteiger partial charge in [-0.1, -0.05) is 13.8 Å². The second kappa shape index (κ2) is 6.45. The number of hydrogen-bond donors (Lipinski definition) is 1. The molecular weight excluding hydrogens is 267 g/mol. The molecule has 6 heteroatoms. The molecule has 0 spiro atoms. The molecule has 1 aromatic carbocycles. The highest BCUT2D eigenvalue weighted by molar-refractivity contribution is 7.89. The van der Waals surface area contributed by atoms with Crippen LogP contribution in [-0.4, -0.2) is 26.3 Å². The molecule has 0 aromatic heterocycles. The van der Waals surface area contributed by atoms with Gasteiger partial charge < -0.3 is 5.73 Å². The lowest BCUT2D eigenvalue weighted by Crippen LogP contribution is -2.28. The summed E-state index contributed by atoms with van der Waals surface area (Å²) in [6.45, 7) is 4.48. The molecule has 0 atom stereocenters. The van der Waals surface area contributed by atoms with E-state index in [4.69, 9.17) is 5.73 Å². The Morgan fingerprint density at radius 1 is 1.37 bits per heavy atom. The van der Waals surface area contributed by atoms with E-state index in [1.807, 2.05) is 13.8 Å². The van der Waals surface area contributed by atoms with E-state index < -0.39 is 15.8 Å². The summed E-state index contributed by atoms with van der Waals surface area (Å²) in [7, 11) is -2.04. The van der Waals surface area contributed by atoms with Crippen LogP contribution in [-0.2, 0) is 16.6 Å². The van der Waals surface area contributed by atoms with Crippen molar-refractivity contribution in [2.45, 2.75) is 31.7 Å². The summed E-state index contributed by atoms with van der Waals surface area (Å²) in [6.07, 6.45) is 0.778. The molecule has 0 amide bonds. The van der Waals surface area contributed by atoms with Crippen molar-refractivity contribution in [3.63, 3.8) is 0 Å². The van der Waals surface area contributed by atoms with Crippen LogP contribution in [0.2, 0.25) is 0 Å². The van der Waals surface area contributed by atoms with Crippen molar-refractivity contribution >= 4 is 10.0 Å². The molecule has 108 valence electrons. The minimum Gasteiger partial charge on any atom is -0.326 e. The maximum absolute atomic E-state index is 13.3. The van der Waals surface area contributed by atoms with Gasteiger partial charge in [0.15, 0.2) is 0 Å². The highest BCUT2D eigenvalue weighted by Crippen LogP contribution is 2.19. The second-order valence-corrected chi connectivity index (χ2v) is 7.01. The first-order valence-corrected chi connectivity index (χ1v) is 7.68. The Kier molecular flexibility index (Phi) is 5.46. The number of sulfonamides is 1. The predicted octanol–water partition coefficient (Wildman–Crippen LogP) is 1.95. The van der Waals surface area contributed by atoms with Crippen molar-refractivity contribution in [1.29, 1.82) is 0 Å². The van der Waals surface area contributed by atoms with Crippen LogP contribution in [0.3, 0.4) is 0 Å². The van der Waals surface area contributed by atoms with Gasteiger partial charge in [0, 0.05) is 25.7 Å². The number of rotatable bonds is 6. The molecule has 0 saturated carbocycles. The molecule has 0 aliphatic rings. The Morgan fingerprint density at radius 3 is 2.53 bits per heavy atom. The second-order valence-electron chi connectivity index (χ2n) is 4.97. The molecule has 0 bridgehead atoms. The Morgan fingerprint density at radius 2 is 2.00 bits per heavy atom. The van der Waals surface area contributed by atoms with Crippen molar-refractivity contribution in [3.8, 4) is 0 Å². The smallest absolute Gasteiger partial charge is 0.242 e. The van der Waals surface area contributed by atoms with Gasteiger partial charge in [-0.2, -0.15) is 0 Å². The Labute approximate surface area is 114 Å². The number of halogens is 1. The van der Waals surface area contributed by atoms with E-state index in [-0.39, 0.29) is 17.0 Å². The van der Waals surface area contributed by atoms with E-state index in [2.05, 4.69) is 0 Å². The summed E-state index contributed by atoms with van der Waals surface area (Å²) < 4.78 is 39.2. The fourth-order valence-electron chi connectivity index (χ4n) is 1.61. The van der Waals surface area contributed by atoms with E-state index >= 15 is 0 Å². The fraction of sp³-hybridized carbons (Fsp3) is 0.538. The van der Waals surface area contributed by atoms with Crippen molar-refractivity contribution < 1.29 is 12.8 Å². The Balaban J connectivity index is 2.99. The molecular formula is C13H21FN2O2S. The summed E-state index contributed by atoms with van der Waals surface area (Å²) >= 11 is 0. The molecule has 0 unspecified atom stereocenters. The third kappa shape index (κ3) is 3.99. The Bertz CT molecular complexity index is 529. The topological polar surface area (TPSA) is 63.4 Å². The van der Waals surface area contributed by atoms with E-state index in [1.54, 1.807) is 0 Å². The van der Waals surface area contributed by atoms with Gasteiger partial charge in [0.2, 0.25) is 10.0 Å². The quantitative estimate of drug-likeness (QED) is 0.870. The largest absolute Gasteiger partial charge is 0.326 e. The van der Waals surface area contributed by atoms with E-state index in [9.17, 15) is 12.8 Å². The third-order valence-corrected chi connectivity index (χ3v) is 4.82. The van der Waals surface area contributed by atoms with Gasteiger partial charge in [-0.15, -0.1) is 0 Å². The lowest BCUT2D eigenvalue weighted by Gasteiger charge is -2.18. The van der Waals surface area contributed by atoms with Crippen LogP contribution in [0.15, 0.2) is 23.1 Å². The van der Waals surface area contributed by atoms with Crippen LogP contribution in [0, 0.1) is 11.7 Å². The summed E-state index contributed by atoms with van der Waals surface area (Å²) in [5.41, 5.74) is 5.60. The van der Waals surface area contributed by atoms with Crippen LogP contribution in [0.1, 0.15) is 25.8 Å². The predicted molar refractivity (Wildman–Crippen MR) is 73.6 cm³/mol. The zero-order valence-corrected chi connectivity index (χ0v) is 12.4. The standard InChI is InChI=1S/C13H21FN2O2S/c1-10(2)6-7-16(3)19(17,18)12-4-5-13(14)11(8-12)9-15/h4-5,8,10H,6-7,9,15H2,1-3H3. The molecule has 0 heterocycles. The Hall–Kier alpha value is -0.980. The number of benzene rings is 1. The molecule has 19 heavy (non-hydrogen) atoms. The number of nitrogens with two attached hydrogens (primary N) is 1.